The molecule has 122 valence electrons. The number of carbonyl (C=O) groups is 1. The molecule has 1 aromatic carbocycles. The van der Waals surface area contributed by atoms with Gasteiger partial charge < -0.3 is 24.9 Å². The summed E-state index contributed by atoms with van der Waals surface area (Å²) < 4.78 is 10.4. The normalized spacial score (nSPS) is 15.7. The molecule has 1 amide bonds. The van der Waals surface area contributed by atoms with Crippen molar-refractivity contribution in [2.24, 2.45) is 5.41 Å². The zero-order chi connectivity index (χ0) is 16.1. The van der Waals surface area contributed by atoms with E-state index in [9.17, 15) is 9.90 Å². The van der Waals surface area contributed by atoms with Crippen molar-refractivity contribution in [3.8, 4) is 0 Å². The third kappa shape index (κ3) is 3.55. The predicted octanol–water partition coefficient (Wildman–Crippen LogP) is 1.63. The molecule has 0 spiro atoms. The van der Waals surface area contributed by atoms with Gasteiger partial charge in [0, 0.05) is 12.2 Å². The van der Waals surface area contributed by atoms with Crippen molar-refractivity contribution in [3.05, 3.63) is 54.0 Å². The van der Waals surface area contributed by atoms with Crippen LogP contribution in [0.4, 0.5) is 5.69 Å². The highest BCUT2D eigenvalue weighted by Crippen LogP contribution is 2.28. The van der Waals surface area contributed by atoms with E-state index in [-0.39, 0.29) is 17.9 Å². The minimum atomic E-state index is -0.252. The Bertz CT molecular complexity index is 645. The van der Waals surface area contributed by atoms with E-state index in [1.54, 1.807) is 18.4 Å². The fourth-order valence-corrected chi connectivity index (χ4v) is 2.43. The second-order valence-electron chi connectivity index (χ2n) is 5.81. The molecule has 6 nitrogen and oxygen atoms in total. The maximum Gasteiger partial charge on any atom is 0.253 e. The van der Waals surface area contributed by atoms with Gasteiger partial charge >= 0.3 is 0 Å². The summed E-state index contributed by atoms with van der Waals surface area (Å²) in [4.78, 5) is 12.4. The number of benzene rings is 1. The van der Waals surface area contributed by atoms with Crippen molar-refractivity contribution in [1.82, 2.24) is 5.32 Å². The molecule has 6 heteroatoms. The largest absolute Gasteiger partial charge is 0.467 e. The third-order valence-corrected chi connectivity index (χ3v) is 3.98. The van der Waals surface area contributed by atoms with Crippen LogP contribution in [0.2, 0.25) is 0 Å². The molecule has 1 saturated heterocycles. The lowest BCUT2D eigenvalue weighted by atomic mass is 9.87. The highest BCUT2D eigenvalue weighted by molar-refractivity contribution is 5.99. The van der Waals surface area contributed by atoms with Crippen molar-refractivity contribution in [2.75, 3.05) is 31.7 Å². The van der Waals surface area contributed by atoms with E-state index in [1.807, 2.05) is 24.3 Å². The maximum absolute atomic E-state index is 12.4. The van der Waals surface area contributed by atoms with Crippen LogP contribution >= 0.6 is 0 Å². The summed E-state index contributed by atoms with van der Waals surface area (Å²) >= 11 is 0. The lowest BCUT2D eigenvalue weighted by Crippen LogP contribution is -2.50. The van der Waals surface area contributed by atoms with Gasteiger partial charge in [-0.25, -0.2) is 0 Å². The van der Waals surface area contributed by atoms with Crippen LogP contribution in [0.3, 0.4) is 0 Å². The summed E-state index contributed by atoms with van der Waals surface area (Å²) in [6.45, 7) is 2.03. The number of furan rings is 1. The molecule has 0 bridgehead atoms. The topological polar surface area (TPSA) is 83.7 Å². The van der Waals surface area contributed by atoms with E-state index in [4.69, 9.17) is 9.15 Å². The molecular weight excluding hydrogens is 296 g/mol. The van der Waals surface area contributed by atoms with Crippen molar-refractivity contribution >= 4 is 11.6 Å². The summed E-state index contributed by atoms with van der Waals surface area (Å²) in [5.74, 6) is 0.530. The fourth-order valence-electron chi connectivity index (χ4n) is 2.43. The first kappa shape index (κ1) is 15.6. The number of rotatable bonds is 7. The molecule has 0 saturated carbocycles. The maximum atomic E-state index is 12.4. The molecule has 2 aromatic rings. The predicted molar refractivity (Wildman–Crippen MR) is 85.1 cm³/mol. The Morgan fingerprint density at radius 1 is 1.22 bits per heavy atom. The monoisotopic (exact) mass is 316 g/mol. The minimum absolute atomic E-state index is 0.0624. The van der Waals surface area contributed by atoms with E-state index in [2.05, 4.69) is 10.6 Å². The van der Waals surface area contributed by atoms with Gasteiger partial charge in [0.05, 0.1) is 43.6 Å². The lowest BCUT2D eigenvalue weighted by molar-refractivity contribution is -0.128. The number of carbonyl (C=O) groups excluding carboxylic acids is 1. The van der Waals surface area contributed by atoms with E-state index in [0.717, 1.165) is 5.69 Å². The molecule has 1 aromatic heterocycles. The second-order valence-corrected chi connectivity index (χ2v) is 5.81. The summed E-state index contributed by atoms with van der Waals surface area (Å²) in [6, 6.07) is 10.9. The highest BCUT2D eigenvalue weighted by atomic mass is 16.5. The van der Waals surface area contributed by atoms with Crippen LogP contribution in [-0.2, 0) is 11.3 Å². The SMILES string of the molecule is O=C(NCc1ccco1)c1ccccc1NCC1(CO)COC1. The number of nitrogens with one attached hydrogen (secondary N) is 2. The van der Waals surface area contributed by atoms with E-state index < -0.39 is 0 Å². The van der Waals surface area contributed by atoms with Gasteiger partial charge in [0.1, 0.15) is 5.76 Å². The average Bonchev–Trinajstić information content (AvgIpc) is 3.06. The fraction of sp³-hybridized carbons (Fsp3) is 0.353. The molecular formula is C17H20N2O4. The van der Waals surface area contributed by atoms with Crippen LogP contribution in [0, 0.1) is 5.41 Å². The first-order valence-electron chi connectivity index (χ1n) is 7.55. The molecule has 1 aliphatic rings. The molecule has 0 atom stereocenters. The molecule has 3 rings (SSSR count). The Balaban J connectivity index is 1.63. The van der Waals surface area contributed by atoms with Crippen LogP contribution < -0.4 is 10.6 Å². The third-order valence-electron chi connectivity index (χ3n) is 3.98. The first-order valence-corrected chi connectivity index (χ1v) is 7.55. The number of ether oxygens (including phenoxy) is 1. The van der Waals surface area contributed by atoms with Gasteiger partial charge in [0.2, 0.25) is 0 Å². The number of aliphatic hydroxyl groups excluding tert-OH is 1. The zero-order valence-electron chi connectivity index (χ0n) is 12.7. The van der Waals surface area contributed by atoms with Crippen LogP contribution in [0.1, 0.15) is 16.1 Å². The number of hydrogen-bond donors (Lipinski definition) is 3. The van der Waals surface area contributed by atoms with Gasteiger partial charge in [0.15, 0.2) is 0 Å². The highest BCUT2D eigenvalue weighted by Gasteiger charge is 2.38. The van der Waals surface area contributed by atoms with Crippen molar-refractivity contribution < 1.29 is 19.1 Å². The van der Waals surface area contributed by atoms with E-state index in [1.165, 1.54) is 0 Å². The molecule has 3 N–H and O–H groups in total. The molecule has 0 aliphatic carbocycles. The lowest BCUT2D eigenvalue weighted by Gasteiger charge is -2.40. The van der Waals surface area contributed by atoms with Gasteiger partial charge in [-0.2, -0.15) is 0 Å². The molecule has 2 heterocycles. The zero-order valence-corrected chi connectivity index (χ0v) is 12.7. The number of amides is 1. The Kier molecular flexibility index (Phi) is 4.64. The van der Waals surface area contributed by atoms with Crippen molar-refractivity contribution in [3.63, 3.8) is 0 Å². The van der Waals surface area contributed by atoms with Crippen molar-refractivity contribution in [2.45, 2.75) is 6.54 Å². The average molecular weight is 316 g/mol. The Labute approximate surface area is 134 Å². The first-order chi connectivity index (χ1) is 11.2. The number of para-hydroxylation sites is 1. The number of hydrogen-bond acceptors (Lipinski definition) is 5. The molecule has 0 radical (unpaired) electrons. The summed E-state index contributed by atoms with van der Waals surface area (Å²) in [6.07, 6.45) is 1.58. The summed E-state index contributed by atoms with van der Waals surface area (Å²) in [5, 5.41) is 15.6. The van der Waals surface area contributed by atoms with Gasteiger partial charge in [0.25, 0.3) is 5.91 Å². The second kappa shape index (κ2) is 6.85. The van der Waals surface area contributed by atoms with Gasteiger partial charge in [-0.1, -0.05) is 12.1 Å². The molecule has 0 unspecified atom stereocenters. The summed E-state index contributed by atoms with van der Waals surface area (Å²) in [7, 11) is 0. The molecule has 1 aliphatic heterocycles. The van der Waals surface area contributed by atoms with Crippen LogP contribution in [0.15, 0.2) is 47.1 Å². The number of aliphatic hydroxyl groups is 1. The van der Waals surface area contributed by atoms with Gasteiger partial charge in [-0.3, -0.25) is 4.79 Å². The Hall–Kier alpha value is -2.31. The van der Waals surface area contributed by atoms with Crippen LogP contribution in [-0.4, -0.2) is 37.4 Å². The smallest absolute Gasteiger partial charge is 0.253 e. The minimum Gasteiger partial charge on any atom is -0.467 e. The molecule has 1 fully saturated rings. The van der Waals surface area contributed by atoms with Crippen LogP contribution in [0.5, 0.6) is 0 Å². The Morgan fingerprint density at radius 2 is 2.04 bits per heavy atom. The van der Waals surface area contributed by atoms with Gasteiger partial charge in [-0.05, 0) is 24.3 Å². The standard InChI is InChI=1S/C17H20N2O4/c20-10-17(11-22-12-17)9-19-15-6-2-1-5-14(15)16(21)18-8-13-4-3-7-23-13/h1-7,19-20H,8-12H2,(H,18,21). The van der Waals surface area contributed by atoms with E-state index in [0.29, 0.717) is 37.6 Å². The Morgan fingerprint density at radius 3 is 2.70 bits per heavy atom. The quantitative estimate of drug-likeness (QED) is 0.723. The van der Waals surface area contributed by atoms with Gasteiger partial charge in [-0.15, -0.1) is 0 Å². The molecule has 23 heavy (non-hydrogen) atoms. The summed E-state index contributed by atoms with van der Waals surface area (Å²) in [5.41, 5.74) is 1.05. The number of anilines is 1. The van der Waals surface area contributed by atoms with Crippen LogP contribution in [0.25, 0.3) is 0 Å². The van der Waals surface area contributed by atoms with Crippen molar-refractivity contribution in [1.29, 1.82) is 0 Å². The van der Waals surface area contributed by atoms with E-state index >= 15 is 0 Å².